The molecule has 322 valence electrons. The molecule has 0 bridgehead atoms. The number of hydrogen-bond donors (Lipinski definition) is 0. The maximum absolute atomic E-state index is 10.7. The molecule has 4 aromatic rings. The van der Waals surface area contributed by atoms with Crippen LogP contribution in [0.15, 0.2) is 73.3 Å². The summed E-state index contributed by atoms with van der Waals surface area (Å²) in [5.41, 5.74) is 0.779. The number of carbonyl (C=O) groups is 4. The van der Waals surface area contributed by atoms with Gasteiger partial charge in [-0.15, -0.1) is 0 Å². The minimum Gasteiger partial charge on any atom is -0.753 e. The summed E-state index contributed by atoms with van der Waals surface area (Å²) >= 11 is 7.40. The van der Waals surface area contributed by atoms with E-state index in [0.29, 0.717) is 0 Å². The number of isothiocyanates is 2. The number of quaternary nitrogens is 1. The molecule has 0 atom stereocenters. The molecule has 0 saturated carbocycles. The van der Waals surface area contributed by atoms with E-state index in [1.807, 2.05) is 0 Å². The standard InChI is InChI=1S/C16H36N.2C12H8N2O4.2CNS.Ru/c1-5-9-13-17(14-10-6-2,15-11-7-3)16-12-8-4;2*15-11(16)7-1-3-13-9(5-7)10-6-8(12(17)18)2-4-14-10;2*2-1-3;/h5-16H2,1-4H3;2*1-6H,(H,15,16)(H,17,18);;;/q+1;;;2*-1;+2/p-4. The second-order valence-corrected chi connectivity index (χ2v) is 13.1. The number of pyridine rings is 4. The number of hydrogen-bond acceptors (Lipinski definition) is 14. The summed E-state index contributed by atoms with van der Waals surface area (Å²) in [6.07, 6.45) is 16.2. The number of carboxylic acid groups (broad SMARTS) is 4. The van der Waals surface area contributed by atoms with E-state index in [9.17, 15) is 39.6 Å². The van der Waals surface area contributed by atoms with Crippen molar-refractivity contribution < 1.29 is 63.6 Å². The molecule has 0 aliphatic carbocycles. The molecule has 0 amide bonds. The van der Waals surface area contributed by atoms with Gasteiger partial charge in [-0.2, -0.15) is 10.3 Å². The SMILES string of the molecule is CCCC[N+](CCCC)(CCCC)CCCC.O=C([O-])c1ccnc(-c2cc(C(=O)[O-])ccn2)c1.O=C([O-])c1ccnc(-c2cc(C(=O)[O-])ccn2)c1.[N-]=C=S.[N-]=C=S.[Ru+2]. The fraction of sp³-hybridized carbons (Fsp3) is 0.381. The molecule has 15 nitrogen and oxygen atoms in total. The van der Waals surface area contributed by atoms with Crippen LogP contribution in [0.5, 0.6) is 0 Å². The number of rotatable bonds is 18. The zero-order valence-corrected chi connectivity index (χ0v) is 37.4. The molecule has 0 saturated heterocycles. The quantitative estimate of drug-likeness (QED) is 0.0590. The van der Waals surface area contributed by atoms with Crippen LogP contribution in [0.25, 0.3) is 33.6 Å². The van der Waals surface area contributed by atoms with Gasteiger partial charge in [0.25, 0.3) is 0 Å². The Morgan fingerprint density at radius 1 is 0.500 bits per heavy atom. The third-order valence-electron chi connectivity index (χ3n) is 8.45. The Morgan fingerprint density at radius 2 is 0.683 bits per heavy atom. The second-order valence-electron chi connectivity index (χ2n) is 12.7. The minimum atomic E-state index is -1.34. The van der Waals surface area contributed by atoms with Crippen molar-refractivity contribution in [2.24, 2.45) is 0 Å². The first-order valence-electron chi connectivity index (χ1n) is 18.8. The topological polar surface area (TPSA) is 257 Å². The van der Waals surface area contributed by atoms with Crippen LogP contribution in [0.1, 0.15) is 120 Å². The van der Waals surface area contributed by atoms with E-state index in [1.165, 1.54) is 166 Å². The van der Waals surface area contributed by atoms with E-state index >= 15 is 0 Å². The molecule has 0 spiro atoms. The van der Waals surface area contributed by atoms with Gasteiger partial charge in [-0.3, -0.25) is 19.9 Å². The van der Waals surface area contributed by atoms with Gasteiger partial charge >= 0.3 is 19.5 Å². The van der Waals surface area contributed by atoms with Gasteiger partial charge in [-0.25, -0.2) is 0 Å². The number of aromatic carboxylic acids is 4. The number of aromatic nitrogens is 4. The van der Waals surface area contributed by atoms with Crippen LogP contribution in [0, 0.1) is 0 Å². The third kappa shape index (κ3) is 22.7. The molecule has 4 heterocycles. The van der Waals surface area contributed by atoms with Gasteiger partial charge < -0.3 is 54.9 Å². The molecular formula is C42H48N7O8RuS2-3. The van der Waals surface area contributed by atoms with Crippen LogP contribution in [-0.2, 0) is 19.5 Å². The van der Waals surface area contributed by atoms with Gasteiger partial charge in [0.2, 0.25) is 0 Å². The summed E-state index contributed by atoms with van der Waals surface area (Å²) in [6, 6.07) is 10.2. The van der Waals surface area contributed by atoms with E-state index in [1.54, 1.807) is 0 Å². The maximum atomic E-state index is 10.7. The zero-order valence-electron chi connectivity index (χ0n) is 34.0. The van der Waals surface area contributed by atoms with Crippen molar-refractivity contribution in [2.75, 3.05) is 26.2 Å². The number of carbonyl (C=O) groups excluding carboxylic acids is 4. The molecule has 60 heavy (non-hydrogen) atoms. The van der Waals surface area contributed by atoms with Crippen LogP contribution in [0.2, 0.25) is 0 Å². The van der Waals surface area contributed by atoms with E-state index < -0.39 is 23.9 Å². The van der Waals surface area contributed by atoms with Crippen molar-refractivity contribution in [3.05, 3.63) is 106 Å². The Morgan fingerprint density at radius 3 is 0.833 bits per heavy atom. The fourth-order valence-electron chi connectivity index (χ4n) is 5.44. The normalized spacial score (nSPS) is 9.67. The van der Waals surface area contributed by atoms with Crippen molar-refractivity contribution in [2.45, 2.75) is 79.1 Å². The summed E-state index contributed by atoms with van der Waals surface area (Å²) in [5, 5.41) is 59.7. The van der Waals surface area contributed by atoms with Crippen LogP contribution in [0.4, 0.5) is 0 Å². The van der Waals surface area contributed by atoms with Gasteiger partial charge in [-0.1, -0.05) is 77.8 Å². The first-order chi connectivity index (χ1) is 28.2. The van der Waals surface area contributed by atoms with Crippen molar-refractivity contribution in [3.8, 4) is 22.8 Å². The number of carboxylic acids is 4. The fourth-order valence-corrected chi connectivity index (χ4v) is 5.44. The Balaban J connectivity index is 0. The molecule has 0 aromatic carbocycles. The summed E-state index contributed by atoms with van der Waals surface area (Å²) in [4.78, 5) is 58.5. The average Bonchev–Trinajstić information content (AvgIpc) is 3.24. The van der Waals surface area contributed by atoms with Crippen molar-refractivity contribution in [1.82, 2.24) is 19.9 Å². The van der Waals surface area contributed by atoms with E-state index in [4.69, 9.17) is 10.8 Å². The predicted octanol–water partition coefficient (Wildman–Crippen LogP) is 4.06. The van der Waals surface area contributed by atoms with Crippen molar-refractivity contribution in [3.63, 3.8) is 0 Å². The van der Waals surface area contributed by atoms with Gasteiger partial charge in [0.1, 0.15) is 0 Å². The monoisotopic (exact) mass is 944 g/mol. The summed E-state index contributed by atoms with van der Waals surface area (Å²) < 4.78 is 1.42. The molecular weight excluding hydrogens is 896 g/mol. The Labute approximate surface area is 374 Å². The van der Waals surface area contributed by atoms with E-state index in [-0.39, 0.29) is 64.5 Å². The summed E-state index contributed by atoms with van der Waals surface area (Å²) in [7, 11) is 0. The molecule has 0 aliphatic rings. The first-order valence-corrected chi connectivity index (χ1v) is 19.6. The third-order valence-corrected chi connectivity index (χ3v) is 8.45. The maximum Gasteiger partial charge on any atom is 2.00 e. The summed E-state index contributed by atoms with van der Waals surface area (Å²) in [6.45, 7) is 15.0. The van der Waals surface area contributed by atoms with Gasteiger partial charge in [0.15, 0.2) is 0 Å². The van der Waals surface area contributed by atoms with E-state index in [2.05, 4.69) is 72.1 Å². The first kappa shape index (κ1) is 56.8. The van der Waals surface area contributed by atoms with Crippen LogP contribution in [-0.4, -0.2) is 84.8 Å². The molecule has 0 aliphatic heterocycles. The van der Waals surface area contributed by atoms with Crippen molar-refractivity contribution in [1.29, 1.82) is 0 Å². The van der Waals surface area contributed by atoms with Crippen LogP contribution < -0.4 is 20.4 Å². The summed E-state index contributed by atoms with van der Waals surface area (Å²) in [5.74, 6) is -5.35. The average molecular weight is 944 g/mol. The Kier molecular flexibility index (Phi) is 31.7. The number of thiocarbonyl (C=S) groups is 2. The molecule has 0 fully saturated rings. The zero-order chi connectivity index (χ0) is 44.6. The number of nitrogens with zero attached hydrogens (tertiary/aromatic N) is 7. The largest absolute Gasteiger partial charge is 2.00 e. The van der Waals surface area contributed by atoms with E-state index in [0.717, 1.165) is 0 Å². The predicted molar refractivity (Wildman–Crippen MR) is 224 cm³/mol. The minimum absolute atomic E-state index is 0. The Bertz CT molecular complexity index is 1720. The van der Waals surface area contributed by atoms with Gasteiger partial charge in [-0.05, 0) is 74.2 Å². The van der Waals surface area contributed by atoms with Crippen molar-refractivity contribution >= 4 is 58.6 Å². The molecule has 4 aromatic heterocycles. The van der Waals surface area contributed by atoms with Crippen LogP contribution >= 0.6 is 24.4 Å². The Hall–Kier alpha value is -5.34. The molecule has 4 rings (SSSR count). The van der Waals surface area contributed by atoms with Crippen LogP contribution in [0.3, 0.4) is 0 Å². The second kappa shape index (κ2) is 33.5. The molecule has 18 heteroatoms. The molecule has 0 radical (unpaired) electrons. The number of unbranched alkanes of at least 4 members (excludes halogenated alkanes) is 4. The molecule has 0 N–H and O–H groups in total. The van der Waals surface area contributed by atoms with Gasteiger partial charge in [0, 0.05) is 47.0 Å². The van der Waals surface area contributed by atoms with Gasteiger partial charge in [0.05, 0.1) is 72.8 Å². The molecule has 0 unspecified atom stereocenters. The smallest absolute Gasteiger partial charge is 0.753 e.